The Morgan fingerprint density at radius 3 is 1.95 bits per heavy atom. The molecule has 0 bridgehead atoms. The van der Waals surface area contributed by atoms with Gasteiger partial charge in [0.25, 0.3) is 0 Å². The summed E-state index contributed by atoms with van der Waals surface area (Å²) in [5.41, 5.74) is 6.24. The van der Waals surface area contributed by atoms with Gasteiger partial charge < -0.3 is 5.73 Å². The predicted octanol–water partition coefficient (Wildman–Crippen LogP) is 4.43. The lowest BCUT2D eigenvalue weighted by atomic mass is 9.88. The molecule has 20 heavy (non-hydrogen) atoms. The van der Waals surface area contributed by atoms with Crippen LogP contribution in [0.15, 0.2) is 0 Å². The molecule has 0 amide bonds. The molecule has 0 heterocycles. The molecule has 2 heteroatoms. The van der Waals surface area contributed by atoms with Crippen molar-refractivity contribution in [1.29, 1.82) is 0 Å². The van der Waals surface area contributed by atoms with Crippen molar-refractivity contribution >= 4 is 0 Å². The van der Waals surface area contributed by atoms with E-state index in [0.717, 1.165) is 18.4 Å². The second-order valence-electron chi connectivity index (χ2n) is 7.12. The highest BCUT2D eigenvalue weighted by Gasteiger charge is 2.30. The number of nitrogens with zero attached hydrogens (tertiary/aromatic N) is 1. The van der Waals surface area contributed by atoms with Gasteiger partial charge in [0, 0.05) is 25.2 Å². The zero-order valence-electron chi connectivity index (χ0n) is 14.4. The third kappa shape index (κ3) is 5.37. The maximum atomic E-state index is 6.24. The van der Waals surface area contributed by atoms with Crippen LogP contribution in [-0.2, 0) is 0 Å². The Morgan fingerprint density at radius 2 is 1.55 bits per heavy atom. The molecule has 1 saturated carbocycles. The van der Waals surface area contributed by atoms with E-state index in [1.54, 1.807) is 0 Å². The molecule has 0 radical (unpaired) electrons. The first-order valence-electron chi connectivity index (χ1n) is 9.09. The van der Waals surface area contributed by atoms with Gasteiger partial charge in [-0.05, 0) is 37.5 Å². The van der Waals surface area contributed by atoms with Gasteiger partial charge in [0.2, 0.25) is 0 Å². The topological polar surface area (TPSA) is 29.3 Å². The van der Waals surface area contributed by atoms with Crippen LogP contribution in [0.3, 0.4) is 0 Å². The van der Waals surface area contributed by atoms with Crippen LogP contribution in [0.2, 0.25) is 0 Å². The van der Waals surface area contributed by atoms with Crippen LogP contribution < -0.4 is 5.73 Å². The Balaban J connectivity index is 2.81. The van der Waals surface area contributed by atoms with E-state index in [-0.39, 0.29) is 0 Å². The first-order chi connectivity index (χ1) is 9.63. The normalized spacial score (nSPS) is 19.8. The van der Waals surface area contributed by atoms with E-state index in [1.165, 1.54) is 57.9 Å². The maximum absolute atomic E-state index is 6.24. The minimum atomic E-state index is 0.611. The van der Waals surface area contributed by atoms with Gasteiger partial charge in [-0.25, -0.2) is 0 Å². The molecule has 0 spiro atoms. The number of rotatable bonds is 8. The Hall–Kier alpha value is -0.0800. The zero-order valence-corrected chi connectivity index (χ0v) is 14.4. The van der Waals surface area contributed by atoms with Crippen molar-refractivity contribution in [3.63, 3.8) is 0 Å². The maximum Gasteiger partial charge on any atom is 0.0249 e. The molecule has 120 valence electrons. The van der Waals surface area contributed by atoms with Crippen LogP contribution in [0, 0.1) is 11.8 Å². The van der Waals surface area contributed by atoms with Crippen molar-refractivity contribution in [2.75, 3.05) is 13.1 Å². The average molecular weight is 283 g/mol. The second-order valence-corrected chi connectivity index (χ2v) is 7.12. The minimum Gasteiger partial charge on any atom is -0.329 e. The zero-order chi connectivity index (χ0) is 15.0. The average Bonchev–Trinajstić information content (AvgIpc) is 2.69. The molecule has 2 nitrogen and oxygen atoms in total. The molecule has 0 saturated heterocycles. The lowest BCUT2D eigenvalue weighted by Crippen LogP contribution is -2.51. The molecule has 1 atom stereocenters. The van der Waals surface area contributed by atoms with Gasteiger partial charge >= 0.3 is 0 Å². The van der Waals surface area contributed by atoms with Crippen LogP contribution in [0.5, 0.6) is 0 Å². The quantitative estimate of drug-likeness (QED) is 0.667. The first kappa shape index (κ1) is 18.0. The SMILES string of the molecule is CCC(CC)N(CC(C)C)C(CN)C1CCCCCC1. The van der Waals surface area contributed by atoms with E-state index in [9.17, 15) is 0 Å². The van der Waals surface area contributed by atoms with Crippen molar-refractivity contribution in [3.8, 4) is 0 Å². The lowest BCUT2D eigenvalue weighted by molar-refractivity contribution is 0.0708. The van der Waals surface area contributed by atoms with Gasteiger partial charge in [-0.2, -0.15) is 0 Å². The van der Waals surface area contributed by atoms with Gasteiger partial charge in [-0.3, -0.25) is 4.90 Å². The number of hydrogen-bond acceptors (Lipinski definition) is 2. The monoisotopic (exact) mass is 282 g/mol. The summed E-state index contributed by atoms with van der Waals surface area (Å²) in [5, 5.41) is 0. The third-order valence-electron chi connectivity index (χ3n) is 5.10. The highest BCUT2D eigenvalue weighted by Crippen LogP contribution is 2.30. The largest absolute Gasteiger partial charge is 0.329 e. The summed E-state index contributed by atoms with van der Waals surface area (Å²) in [6.07, 6.45) is 11.0. The molecule has 1 unspecified atom stereocenters. The standard InChI is InChI=1S/C18H38N2/c1-5-17(6-2)20(14-15(3)4)18(13-19)16-11-9-7-8-10-12-16/h15-18H,5-14,19H2,1-4H3. The van der Waals surface area contributed by atoms with Gasteiger partial charge in [-0.1, -0.05) is 53.4 Å². The summed E-state index contributed by atoms with van der Waals surface area (Å²) in [6, 6.07) is 1.33. The Bertz CT molecular complexity index is 228. The molecule has 1 aliphatic carbocycles. The van der Waals surface area contributed by atoms with E-state index >= 15 is 0 Å². The van der Waals surface area contributed by atoms with E-state index in [4.69, 9.17) is 5.73 Å². The number of hydrogen-bond donors (Lipinski definition) is 1. The summed E-state index contributed by atoms with van der Waals surface area (Å²) >= 11 is 0. The fourth-order valence-corrected chi connectivity index (χ4v) is 4.03. The first-order valence-corrected chi connectivity index (χ1v) is 9.09. The molecule has 0 aromatic rings. The molecule has 1 fully saturated rings. The van der Waals surface area contributed by atoms with Crippen molar-refractivity contribution < 1.29 is 0 Å². The Kier molecular flexibility index (Phi) is 8.79. The highest BCUT2D eigenvalue weighted by atomic mass is 15.2. The molecule has 1 aliphatic rings. The summed E-state index contributed by atoms with van der Waals surface area (Å²) in [6.45, 7) is 11.4. The fourth-order valence-electron chi connectivity index (χ4n) is 4.03. The van der Waals surface area contributed by atoms with Gasteiger partial charge in [0.1, 0.15) is 0 Å². The molecule has 0 aromatic carbocycles. The van der Waals surface area contributed by atoms with Crippen LogP contribution >= 0.6 is 0 Å². The van der Waals surface area contributed by atoms with Crippen LogP contribution in [0.1, 0.15) is 79.1 Å². The summed E-state index contributed by atoms with van der Waals surface area (Å²) < 4.78 is 0. The van der Waals surface area contributed by atoms with Crippen LogP contribution in [0.4, 0.5) is 0 Å². The predicted molar refractivity (Wildman–Crippen MR) is 89.9 cm³/mol. The van der Waals surface area contributed by atoms with Crippen molar-refractivity contribution in [2.24, 2.45) is 17.6 Å². The summed E-state index contributed by atoms with van der Waals surface area (Å²) in [7, 11) is 0. The van der Waals surface area contributed by atoms with Crippen LogP contribution in [0.25, 0.3) is 0 Å². The van der Waals surface area contributed by atoms with Crippen molar-refractivity contribution in [1.82, 2.24) is 4.90 Å². The van der Waals surface area contributed by atoms with E-state index in [0.29, 0.717) is 12.1 Å². The molecular formula is C18H38N2. The van der Waals surface area contributed by atoms with E-state index < -0.39 is 0 Å². The summed E-state index contributed by atoms with van der Waals surface area (Å²) in [4.78, 5) is 2.78. The Morgan fingerprint density at radius 1 is 1.00 bits per heavy atom. The van der Waals surface area contributed by atoms with Gasteiger partial charge in [0.05, 0.1) is 0 Å². The van der Waals surface area contributed by atoms with E-state index in [1.807, 2.05) is 0 Å². The second kappa shape index (κ2) is 9.78. The van der Waals surface area contributed by atoms with Crippen LogP contribution in [-0.4, -0.2) is 30.1 Å². The molecule has 0 aliphatic heterocycles. The highest BCUT2D eigenvalue weighted by molar-refractivity contribution is 4.86. The van der Waals surface area contributed by atoms with Gasteiger partial charge in [-0.15, -0.1) is 0 Å². The fraction of sp³-hybridized carbons (Fsp3) is 1.00. The molecular weight excluding hydrogens is 244 g/mol. The minimum absolute atomic E-state index is 0.611. The Labute approximate surface area is 127 Å². The lowest BCUT2D eigenvalue weighted by Gasteiger charge is -2.42. The van der Waals surface area contributed by atoms with Gasteiger partial charge in [0.15, 0.2) is 0 Å². The third-order valence-corrected chi connectivity index (χ3v) is 5.10. The van der Waals surface area contributed by atoms with E-state index in [2.05, 4.69) is 32.6 Å². The van der Waals surface area contributed by atoms with Crippen molar-refractivity contribution in [2.45, 2.75) is 91.1 Å². The molecule has 1 rings (SSSR count). The number of nitrogens with two attached hydrogens (primary N) is 1. The molecule has 2 N–H and O–H groups in total. The molecule has 0 aromatic heterocycles. The summed E-state index contributed by atoms with van der Waals surface area (Å²) in [5.74, 6) is 1.57. The smallest absolute Gasteiger partial charge is 0.0249 e. The van der Waals surface area contributed by atoms with Crippen molar-refractivity contribution in [3.05, 3.63) is 0 Å².